The van der Waals surface area contributed by atoms with Gasteiger partial charge in [-0.15, -0.1) is 0 Å². The fraction of sp³-hybridized carbons (Fsp3) is 0.562. The summed E-state index contributed by atoms with van der Waals surface area (Å²) in [6.07, 6.45) is 6.60. The van der Waals surface area contributed by atoms with Crippen LogP contribution in [0.4, 0.5) is 0 Å². The lowest BCUT2D eigenvalue weighted by atomic mass is 9.93. The summed E-state index contributed by atoms with van der Waals surface area (Å²) in [6, 6.07) is 6.27. The number of aryl methyl sites for hydroxylation is 2. The predicted molar refractivity (Wildman–Crippen MR) is 71.2 cm³/mol. The molecule has 0 unspecified atom stereocenters. The molecule has 1 aromatic rings. The number of carbonyl (C=O) groups is 1. The van der Waals surface area contributed by atoms with Crippen molar-refractivity contribution in [2.24, 2.45) is 5.92 Å². The Labute approximate surface area is 104 Å². The average molecular weight is 230 g/mol. The molecule has 0 atom stereocenters. The minimum atomic E-state index is 0.425. The number of Topliss-reactive ketones (excluding diaryl/α,β-unsaturated/α-hetero) is 1. The monoisotopic (exact) mass is 230 g/mol. The first-order valence-corrected chi connectivity index (χ1v) is 6.73. The molecule has 0 N–H and O–H groups in total. The van der Waals surface area contributed by atoms with Crippen LogP contribution in [0, 0.1) is 19.8 Å². The van der Waals surface area contributed by atoms with Crippen LogP contribution in [0.5, 0.6) is 0 Å². The van der Waals surface area contributed by atoms with Crippen molar-refractivity contribution in [1.29, 1.82) is 0 Å². The van der Waals surface area contributed by atoms with E-state index < -0.39 is 0 Å². The van der Waals surface area contributed by atoms with Crippen LogP contribution in [0.3, 0.4) is 0 Å². The minimum absolute atomic E-state index is 0.425. The van der Waals surface area contributed by atoms with Gasteiger partial charge in [0.15, 0.2) is 0 Å². The Morgan fingerprint density at radius 1 is 1.18 bits per heavy atom. The molecule has 0 heterocycles. The number of carbonyl (C=O) groups excluding carboxylic acids is 1. The van der Waals surface area contributed by atoms with Crippen molar-refractivity contribution in [2.75, 3.05) is 0 Å². The third-order valence-corrected chi connectivity index (χ3v) is 4.01. The second-order valence-corrected chi connectivity index (χ2v) is 5.44. The van der Waals surface area contributed by atoms with Crippen molar-refractivity contribution in [3.8, 4) is 0 Å². The minimum Gasteiger partial charge on any atom is -0.299 e. The largest absolute Gasteiger partial charge is 0.299 e. The van der Waals surface area contributed by atoms with E-state index in [-0.39, 0.29) is 0 Å². The highest BCUT2D eigenvalue weighted by atomic mass is 16.1. The van der Waals surface area contributed by atoms with Crippen LogP contribution >= 0.6 is 0 Å². The molecule has 92 valence electrons. The maximum Gasteiger partial charge on any atom is 0.137 e. The van der Waals surface area contributed by atoms with E-state index in [0.29, 0.717) is 18.1 Å². The molecule has 17 heavy (non-hydrogen) atoms. The van der Waals surface area contributed by atoms with E-state index in [1.54, 1.807) is 0 Å². The quantitative estimate of drug-likeness (QED) is 0.764. The Morgan fingerprint density at radius 2 is 1.76 bits per heavy atom. The summed E-state index contributed by atoms with van der Waals surface area (Å²) < 4.78 is 0. The Balaban J connectivity index is 1.97. The molecule has 1 fully saturated rings. The summed E-state index contributed by atoms with van der Waals surface area (Å²) in [4.78, 5) is 12.1. The third-order valence-electron chi connectivity index (χ3n) is 4.01. The number of rotatable bonds is 4. The highest BCUT2D eigenvalue weighted by molar-refractivity contribution is 5.81. The van der Waals surface area contributed by atoms with Gasteiger partial charge in [0.05, 0.1) is 0 Å². The SMILES string of the molecule is Cc1cccc(C)c1CC(=O)CC1CCCC1. The summed E-state index contributed by atoms with van der Waals surface area (Å²) in [6.45, 7) is 4.20. The number of ketones is 1. The van der Waals surface area contributed by atoms with Crippen molar-refractivity contribution in [2.45, 2.75) is 52.4 Å². The average Bonchev–Trinajstić information content (AvgIpc) is 2.76. The van der Waals surface area contributed by atoms with Gasteiger partial charge in [0.2, 0.25) is 0 Å². The van der Waals surface area contributed by atoms with Crippen LogP contribution < -0.4 is 0 Å². The molecular weight excluding hydrogens is 208 g/mol. The fourth-order valence-electron chi connectivity index (χ4n) is 2.93. The maximum atomic E-state index is 12.1. The highest BCUT2D eigenvalue weighted by Crippen LogP contribution is 2.28. The molecular formula is C16H22O. The Hall–Kier alpha value is -1.11. The molecule has 0 radical (unpaired) electrons. The van der Waals surface area contributed by atoms with E-state index in [2.05, 4.69) is 32.0 Å². The van der Waals surface area contributed by atoms with Crippen molar-refractivity contribution in [1.82, 2.24) is 0 Å². The topological polar surface area (TPSA) is 17.1 Å². The second-order valence-electron chi connectivity index (χ2n) is 5.44. The van der Waals surface area contributed by atoms with Crippen LogP contribution in [-0.4, -0.2) is 5.78 Å². The summed E-state index contributed by atoms with van der Waals surface area (Å²) in [5, 5.41) is 0. The van der Waals surface area contributed by atoms with Gasteiger partial charge >= 0.3 is 0 Å². The molecule has 1 aliphatic rings. The molecule has 1 aliphatic carbocycles. The van der Waals surface area contributed by atoms with Crippen molar-refractivity contribution in [3.05, 3.63) is 34.9 Å². The zero-order chi connectivity index (χ0) is 12.3. The summed E-state index contributed by atoms with van der Waals surface area (Å²) in [7, 11) is 0. The van der Waals surface area contributed by atoms with Gasteiger partial charge in [0, 0.05) is 12.8 Å². The molecule has 2 rings (SSSR count). The lowest BCUT2D eigenvalue weighted by Crippen LogP contribution is -2.10. The first-order chi connectivity index (χ1) is 8.16. The molecule has 1 heteroatoms. The molecule has 1 saturated carbocycles. The van der Waals surface area contributed by atoms with Gasteiger partial charge in [0.25, 0.3) is 0 Å². The van der Waals surface area contributed by atoms with Gasteiger partial charge in [-0.3, -0.25) is 4.79 Å². The summed E-state index contributed by atoms with van der Waals surface area (Å²) in [5.41, 5.74) is 3.75. The van der Waals surface area contributed by atoms with E-state index in [0.717, 1.165) is 6.42 Å². The smallest absolute Gasteiger partial charge is 0.137 e. The Kier molecular flexibility index (Phi) is 3.98. The van der Waals surface area contributed by atoms with E-state index in [1.807, 2.05) is 0 Å². The highest BCUT2D eigenvalue weighted by Gasteiger charge is 2.19. The molecule has 0 aromatic heterocycles. The first kappa shape index (κ1) is 12.3. The predicted octanol–water partition coefficient (Wildman–Crippen LogP) is 4.00. The lowest BCUT2D eigenvalue weighted by Gasteiger charge is -2.11. The van der Waals surface area contributed by atoms with Gasteiger partial charge in [-0.05, 0) is 36.5 Å². The maximum absolute atomic E-state index is 12.1. The first-order valence-electron chi connectivity index (χ1n) is 6.73. The molecule has 0 spiro atoms. The zero-order valence-electron chi connectivity index (χ0n) is 11.0. The van der Waals surface area contributed by atoms with Crippen LogP contribution in [-0.2, 0) is 11.2 Å². The molecule has 1 aromatic carbocycles. The molecule has 0 aliphatic heterocycles. The number of benzene rings is 1. The lowest BCUT2D eigenvalue weighted by molar-refractivity contribution is -0.119. The number of hydrogen-bond donors (Lipinski definition) is 0. The van der Waals surface area contributed by atoms with Crippen LogP contribution in [0.2, 0.25) is 0 Å². The molecule has 0 saturated heterocycles. The van der Waals surface area contributed by atoms with Gasteiger partial charge in [-0.2, -0.15) is 0 Å². The standard InChI is InChI=1S/C16H22O/c1-12-6-5-7-13(2)16(12)11-15(17)10-14-8-3-4-9-14/h5-7,14H,3-4,8-11H2,1-2H3. The molecule has 1 nitrogen and oxygen atoms in total. The van der Waals surface area contributed by atoms with E-state index in [9.17, 15) is 4.79 Å². The van der Waals surface area contributed by atoms with Crippen LogP contribution in [0.15, 0.2) is 18.2 Å². The molecule has 0 amide bonds. The zero-order valence-corrected chi connectivity index (χ0v) is 11.0. The van der Waals surface area contributed by atoms with E-state index in [1.165, 1.54) is 42.4 Å². The summed E-state index contributed by atoms with van der Waals surface area (Å²) in [5.74, 6) is 1.10. The van der Waals surface area contributed by atoms with Gasteiger partial charge in [-0.1, -0.05) is 43.9 Å². The van der Waals surface area contributed by atoms with Crippen molar-refractivity contribution < 1.29 is 4.79 Å². The van der Waals surface area contributed by atoms with Crippen molar-refractivity contribution in [3.63, 3.8) is 0 Å². The van der Waals surface area contributed by atoms with Gasteiger partial charge in [-0.25, -0.2) is 0 Å². The van der Waals surface area contributed by atoms with Crippen LogP contribution in [0.25, 0.3) is 0 Å². The van der Waals surface area contributed by atoms with Crippen molar-refractivity contribution >= 4 is 5.78 Å². The Bertz CT molecular complexity index is 380. The fourth-order valence-corrected chi connectivity index (χ4v) is 2.93. The second kappa shape index (κ2) is 5.48. The number of hydrogen-bond acceptors (Lipinski definition) is 1. The Morgan fingerprint density at radius 3 is 2.35 bits per heavy atom. The third kappa shape index (κ3) is 3.18. The van der Waals surface area contributed by atoms with E-state index in [4.69, 9.17) is 0 Å². The summed E-state index contributed by atoms with van der Waals surface area (Å²) >= 11 is 0. The van der Waals surface area contributed by atoms with Gasteiger partial charge in [0.1, 0.15) is 5.78 Å². The van der Waals surface area contributed by atoms with E-state index >= 15 is 0 Å². The normalized spacial score (nSPS) is 16.4. The molecule has 0 bridgehead atoms. The van der Waals surface area contributed by atoms with Gasteiger partial charge < -0.3 is 0 Å². The van der Waals surface area contributed by atoms with Crippen LogP contribution in [0.1, 0.15) is 48.8 Å².